The van der Waals surface area contributed by atoms with Crippen molar-refractivity contribution < 1.29 is 9.90 Å². The first-order valence-corrected chi connectivity index (χ1v) is 5.69. The standard InChI is InChI=1S/C11H18N4O2/c1-10(2,3)15-13-8(12-14-15)6-7(9(16)17)11(6,4)5/h6-7H,1-5H3,(H,16,17)/t6-,7-/m1/s1. The third-order valence-electron chi connectivity index (χ3n) is 3.40. The van der Waals surface area contributed by atoms with Crippen LogP contribution in [0.2, 0.25) is 0 Å². The average molecular weight is 238 g/mol. The minimum atomic E-state index is -0.785. The number of hydrogen-bond donors (Lipinski definition) is 1. The summed E-state index contributed by atoms with van der Waals surface area (Å²) in [7, 11) is 0. The average Bonchev–Trinajstić information content (AvgIpc) is 2.59. The van der Waals surface area contributed by atoms with Gasteiger partial charge in [-0.3, -0.25) is 4.79 Å². The van der Waals surface area contributed by atoms with Crippen molar-refractivity contribution in [2.75, 3.05) is 0 Å². The molecule has 1 fully saturated rings. The summed E-state index contributed by atoms with van der Waals surface area (Å²) in [5.74, 6) is -0.777. The first-order chi connectivity index (χ1) is 7.65. The van der Waals surface area contributed by atoms with E-state index in [1.165, 1.54) is 4.80 Å². The fraction of sp³-hybridized carbons (Fsp3) is 0.818. The van der Waals surface area contributed by atoms with Gasteiger partial charge in [-0.05, 0) is 31.4 Å². The van der Waals surface area contributed by atoms with E-state index >= 15 is 0 Å². The van der Waals surface area contributed by atoms with Gasteiger partial charge in [0.25, 0.3) is 0 Å². The van der Waals surface area contributed by atoms with Crippen LogP contribution in [0.15, 0.2) is 0 Å². The smallest absolute Gasteiger partial charge is 0.307 e. The van der Waals surface area contributed by atoms with Gasteiger partial charge in [-0.1, -0.05) is 13.8 Å². The van der Waals surface area contributed by atoms with Gasteiger partial charge in [-0.25, -0.2) is 0 Å². The normalized spacial score (nSPS) is 26.9. The number of tetrazole rings is 1. The largest absolute Gasteiger partial charge is 0.481 e. The molecule has 17 heavy (non-hydrogen) atoms. The van der Waals surface area contributed by atoms with E-state index in [9.17, 15) is 4.79 Å². The Labute approximate surface area is 100 Å². The summed E-state index contributed by atoms with van der Waals surface area (Å²) in [4.78, 5) is 12.6. The zero-order valence-electron chi connectivity index (χ0n) is 10.8. The van der Waals surface area contributed by atoms with Crippen LogP contribution < -0.4 is 0 Å². The van der Waals surface area contributed by atoms with E-state index in [1.54, 1.807) is 0 Å². The quantitative estimate of drug-likeness (QED) is 0.838. The molecule has 94 valence electrons. The van der Waals surface area contributed by atoms with Gasteiger partial charge in [0, 0.05) is 5.92 Å². The molecule has 0 radical (unpaired) electrons. The Morgan fingerprint density at radius 1 is 1.41 bits per heavy atom. The second kappa shape index (κ2) is 3.27. The van der Waals surface area contributed by atoms with E-state index in [2.05, 4.69) is 15.4 Å². The van der Waals surface area contributed by atoms with Crippen molar-refractivity contribution in [3.8, 4) is 0 Å². The van der Waals surface area contributed by atoms with Crippen LogP contribution in [-0.4, -0.2) is 31.3 Å². The number of rotatable bonds is 2. The summed E-state index contributed by atoms with van der Waals surface area (Å²) in [5.41, 5.74) is -0.513. The molecule has 1 aromatic rings. The fourth-order valence-electron chi connectivity index (χ4n) is 2.21. The summed E-state index contributed by atoms with van der Waals surface area (Å²) in [6, 6.07) is 0. The number of carboxylic acids is 1. The zero-order valence-corrected chi connectivity index (χ0v) is 10.8. The minimum absolute atomic E-state index is 0.129. The molecular formula is C11H18N4O2. The summed E-state index contributed by atoms with van der Waals surface area (Å²) in [6.45, 7) is 9.78. The molecule has 1 N–H and O–H groups in total. The van der Waals surface area contributed by atoms with Crippen molar-refractivity contribution in [3.05, 3.63) is 5.82 Å². The number of aliphatic carboxylic acids is 1. The third kappa shape index (κ3) is 1.81. The van der Waals surface area contributed by atoms with Crippen LogP contribution >= 0.6 is 0 Å². The van der Waals surface area contributed by atoms with Crippen LogP contribution in [0.5, 0.6) is 0 Å². The Morgan fingerprint density at radius 3 is 2.35 bits per heavy atom. The van der Waals surface area contributed by atoms with Gasteiger partial charge in [-0.2, -0.15) is 4.80 Å². The number of nitrogens with zero attached hydrogens (tertiary/aromatic N) is 4. The van der Waals surface area contributed by atoms with E-state index in [1.807, 2.05) is 34.6 Å². The highest BCUT2D eigenvalue weighted by Crippen LogP contribution is 2.63. The molecule has 1 aromatic heterocycles. The Morgan fingerprint density at radius 2 is 2.00 bits per heavy atom. The lowest BCUT2D eigenvalue weighted by Crippen LogP contribution is -2.24. The van der Waals surface area contributed by atoms with Gasteiger partial charge in [0.05, 0.1) is 11.5 Å². The van der Waals surface area contributed by atoms with E-state index in [0.717, 1.165) is 0 Å². The highest BCUT2D eigenvalue weighted by Gasteiger charge is 2.65. The lowest BCUT2D eigenvalue weighted by Gasteiger charge is -2.15. The van der Waals surface area contributed by atoms with E-state index in [0.29, 0.717) is 5.82 Å². The van der Waals surface area contributed by atoms with Crippen LogP contribution in [0.25, 0.3) is 0 Å². The van der Waals surface area contributed by atoms with Crippen molar-refractivity contribution in [2.24, 2.45) is 11.3 Å². The van der Waals surface area contributed by atoms with Crippen molar-refractivity contribution in [2.45, 2.75) is 46.1 Å². The Bertz CT molecular complexity index is 458. The maximum atomic E-state index is 11.1. The molecular weight excluding hydrogens is 220 g/mol. The van der Waals surface area contributed by atoms with E-state index in [-0.39, 0.29) is 16.9 Å². The highest BCUT2D eigenvalue weighted by atomic mass is 16.4. The van der Waals surface area contributed by atoms with Gasteiger partial charge < -0.3 is 5.11 Å². The van der Waals surface area contributed by atoms with Crippen LogP contribution in [-0.2, 0) is 10.3 Å². The molecule has 6 heteroatoms. The Kier molecular flexibility index (Phi) is 2.31. The van der Waals surface area contributed by atoms with Gasteiger partial charge >= 0.3 is 5.97 Å². The molecule has 0 aliphatic heterocycles. The zero-order chi connectivity index (χ0) is 13.0. The number of carboxylic acid groups (broad SMARTS) is 1. The molecule has 1 aliphatic rings. The van der Waals surface area contributed by atoms with Crippen LogP contribution in [0, 0.1) is 11.3 Å². The van der Waals surface area contributed by atoms with E-state index < -0.39 is 11.9 Å². The SMILES string of the molecule is CC1(C)[C@@H](C(=O)O)[C@@H]1c1nnn(C(C)(C)C)n1. The van der Waals surface area contributed by atoms with Gasteiger partial charge in [0.15, 0.2) is 5.82 Å². The van der Waals surface area contributed by atoms with Gasteiger partial charge in [0.1, 0.15) is 0 Å². The number of carbonyl (C=O) groups is 1. The molecule has 0 unspecified atom stereocenters. The molecule has 6 nitrogen and oxygen atoms in total. The van der Waals surface area contributed by atoms with Gasteiger partial charge in [-0.15, -0.1) is 10.2 Å². The van der Waals surface area contributed by atoms with E-state index in [4.69, 9.17) is 5.11 Å². The molecule has 1 aliphatic carbocycles. The van der Waals surface area contributed by atoms with Crippen molar-refractivity contribution in [1.29, 1.82) is 0 Å². The second-order valence-corrected chi connectivity index (χ2v) is 6.22. The lowest BCUT2D eigenvalue weighted by molar-refractivity contribution is -0.139. The highest BCUT2D eigenvalue weighted by molar-refractivity contribution is 5.77. The molecule has 2 rings (SSSR count). The number of hydrogen-bond acceptors (Lipinski definition) is 4. The Balaban J connectivity index is 2.26. The molecule has 1 saturated carbocycles. The fourth-order valence-corrected chi connectivity index (χ4v) is 2.21. The third-order valence-corrected chi connectivity index (χ3v) is 3.40. The first kappa shape index (κ1) is 12.0. The first-order valence-electron chi connectivity index (χ1n) is 5.69. The number of aromatic nitrogens is 4. The molecule has 0 amide bonds. The van der Waals surface area contributed by atoms with Gasteiger partial charge in [0.2, 0.25) is 0 Å². The topological polar surface area (TPSA) is 80.9 Å². The predicted octanol–water partition coefficient (Wildman–Crippen LogP) is 1.25. The summed E-state index contributed by atoms with van der Waals surface area (Å²) < 4.78 is 0. The molecule has 0 saturated heterocycles. The summed E-state index contributed by atoms with van der Waals surface area (Å²) >= 11 is 0. The summed E-state index contributed by atoms with van der Waals surface area (Å²) in [6.07, 6.45) is 0. The van der Waals surface area contributed by atoms with Crippen molar-refractivity contribution >= 4 is 5.97 Å². The molecule has 2 atom stereocenters. The predicted molar refractivity (Wildman–Crippen MR) is 60.5 cm³/mol. The monoisotopic (exact) mass is 238 g/mol. The van der Waals surface area contributed by atoms with Crippen LogP contribution in [0.3, 0.4) is 0 Å². The van der Waals surface area contributed by atoms with Crippen LogP contribution in [0.1, 0.15) is 46.4 Å². The molecule has 0 bridgehead atoms. The maximum absolute atomic E-state index is 11.1. The maximum Gasteiger partial charge on any atom is 0.307 e. The van der Waals surface area contributed by atoms with Crippen molar-refractivity contribution in [3.63, 3.8) is 0 Å². The molecule has 0 spiro atoms. The second-order valence-electron chi connectivity index (χ2n) is 6.22. The molecule has 1 heterocycles. The van der Waals surface area contributed by atoms with Crippen molar-refractivity contribution in [1.82, 2.24) is 20.2 Å². The Hall–Kier alpha value is -1.46. The van der Waals surface area contributed by atoms with Crippen LogP contribution in [0.4, 0.5) is 0 Å². The summed E-state index contributed by atoms with van der Waals surface area (Å²) in [5, 5.41) is 21.4. The minimum Gasteiger partial charge on any atom is -0.481 e. The molecule has 0 aromatic carbocycles. The lowest BCUT2D eigenvalue weighted by atomic mass is 10.1.